The van der Waals surface area contributed by atoms with Crippen molar-refractivity contribution in [3.8, 4) is 0 Å². The molecule has 104 valence electrons. The molecule has 0 N–H and O–H groups in total. The number of benzene rings is 2. The van der Waals surface area contributed by atoms with Crippen molar-refractivity contribution in [2.24, 2.45) is 0 Å². The zero-order chi connectivity index (χ0) is 14.9. The molecule has 0 aromatic heterocycles. The molecule has 2 nitrogen and oxygen atoms in total. The van der Waals surface area contributed by atoms with Crippen LogP contribution in [-0.2, 0) is 4.57 Å². The summed E-state index contributed by atoms with van der Waals surface area (Å²) in [4.78, 5) is 12.6. The van der Waals surface area contributed by atoms with E-state index >= 15 is 0 Å². The van der Waals surface area contributed by atoms with E-state index < -0.39 is 7.80 Å². The topological polar surface area (TPSA) is 34.1 Å². The minimum Gasteiger partial charge on any atom is -0.313 e. The molecule has 20 heavy (non-hydrogen) atoms. The normalized spacial score (nSPS) is 12.2. The highest BCUT2D eigenvalue weighted by molar-refractivity contribution is 7.71. The molecule has 0 aliphatic rings. The van der Waals surface area contributed by atoms with Gasteiger partial charge >= 0.3 is 0 Å². The van der Waals surface area contributed by atoms with Crippen LogP contribution in [0.4, 0.5) is 0 Å². The Balaban J connectivity index is 2.53. The van der Waals surface area contributed by atoms with Crippen LogP contribution in [0.3, 0.4) is 0 Å². The highest BCUT2D eigenvalue weighted by Crippen LogP contribution is 2.32. The number of hydrogen-bond donors (Lipinski definition) is 0. The van der Waals surface area contributed by atoms with E-state index in [9.17, 15) is 9.36 Å². The molecule has 2 aromatic carbocycles. The van der Waals surface area contributed by atoms with Crippen molar-refractivity contribution in [3.63, 3.8) is 0 Å². The van der Waals surface area contributed by atoms with Gasteiger partial charge in [-0.25, -0.2) is 0 Å². The largest absolute Gasteiger partial charge is 0.313 e. The van der Waals surface area contributed by atoms with Crippen molar-refractivity contribution in [1.82, 2.24) is 0 Å². The molecule has 0 spiro atoms. The lowest BCUT2D eigenvalue weighted by Gasteiger charge is -2.14. The van der Waals surface area contributed by atoms with Crippen LogP contribution in [0.2, 0.25) is 0 Å². The summed E-state index contributed by atoms with van der Waals surface area (Å²) in [6.07, 6.45) is 0. The molecule has 0 fully saturated rings. The molecule has 0 saturated carbocycles. The fourth-order valence-electron chi connectivity index (χ4n) is 2.39. The molecule has 0 aliphatic carbocycles. The molecule has 0 radical (unpaired) electrons. The van der Waals surface area contributed by atoms with Gasteiger partial charge in [-0.15, -0.1) is 0 Å². The van der Waals surface area contributed by atoms with E-state index in [0.717, 1.165) is 22.3 Å². The maximum absolute atomic E-state index is 12.6. The van der Waals surface area contributed by atoms with Crippen LogP contribution in [0.5, 0.6) is 0 Å². The van der Waals surface area contributed by atoms with Gasteiger partial charge in [0.15, 0.2) is 7.80 Å². The van der Waals surface area contributed by atoms with Gasteiger partial charge in [-0.2, -0.15) is 0 Å². The second-order valence-electron chi connectivity index (χ2n) is 5.16. The first kappa shape index (κ1) is 14.7. The second-order valence-corrected chi connectivity index (χ2v) is 6.85. The molecule has 0 aliphatic heterocycles. The van der Waals surface area contributed by atoms with Gasteiger partial charge in [0.2, 0.25) is 5.52 Å². The predicted molar refractivity (Wildman–Crippen MR) is 84.8 cm³/mol. The van der Waals surface area contributed by atoms with Crippen molar-refractivity contribution < 1.29 is 9.36 Å². The first-order valence-corrected chi connectivity index (χ1v) is 8.05. The van der Waals surface area contributed by atoms with Crippen molar-refractivity contribution in [2.75, 3.05) is 0 Å². The van der Waals surface area contributed by atoms with E-state index in [1.165, 1.54) is 0 Å². The number of hydrogen-bond acceptors (Lipinski definition) is 2. The summed E-state index contributed by atoms with van der Waals surface area (Å²) < 4.78 is 12.5. The lowest BCUT2D eigenvalue weighted by Crippen LogP contribution is -2.09. The van der Waals surface area contributed by atoms with Gasteiger partial charge in [0.05, 0.1) is 0 Å². The van der Waals surface area contributed by atoms with Gasteiger partial charge in [-0.05, 0) is 49.9 Å². The lowest BCUT2D eigenvalue weighted by molar-refractivity contribution is 0.107. The Bertz CT molecular complexity index is 662. The zero-order valence-electron chi connectivity index (χ0n) is 12.3. The van der Waals surface area contributed by atoms with Crippen LogP contribution >= 0.6 is 7.80 Å². The third kappa shape index (κ3) is 2.62. The molecule has 2 aromatic rings. The smallest absolute Gasteiger partial charge is 0.223 e. The molecular formula is C17H19O2P. The fraction of sp³-hybridized carbons (Fsp3) is 0.235. The Labute approximate surface area is 120 Å². The van der Waals surface area contributed by atoms with Crippen LogP contribution < -0.4 is 5.30 Å². The first-order chi connectivity index (χ1) is 9.43. The van der Waals surface area contributed by atoms with E-state index in [2.05, 4.69) is 6.07 Å². The molecule has 3 heteroatoms. The summed E-state index contributed by atoms with van der Waals surface area (Å²) in [5.41, 5.74) is 4.41. The maximum atomic E-state index is 12.6. The molecule has 1 atom stereocenters. The minimum absolute atomic E-state index is 0.233. The Morgan fingerprint density at radius 1 is 0.900 bits per heavy atom. The average Bonchev–Trinajstić information content (AvgIpc) is 2.45. The van der Waals surface area contributed by atoms with Crippen molar-refractivity contribution in [2.45, 2.75) is 27.7 Å². The van der Waals surface area contributed by atoms with Crippen molar-refractivity contribution in [1.29, 1.82) is 0 Å². The predicted octanol–water partition coefficient (Wildman–Crippen LogP) is 3.95. The number of rotatable bonds is 3. The Morgan fingerprint density at radius 3 is 1.90 bits per heavy atom. The Hall–Kier alpha value is -1.66. The fourth-order valence-corrected chi connectivity index (χ4v) is 3.75. The highest BCUT2D eigenvalue weighted by atomic mass is 31.1. The van der Waals surface area contributed by atoms with Crippen LogP contribution in [0.15, 0.2) is 36.4 Å². The van der Waals surface area contributed by atoms with Gasteiger partial charge in [0, 0.05) is 10.9 Å². The summed E-state index contributed by atoms with van der Waals surface area (Å²) in [6.45, 7) is 7.82. The third-order valence-electron chi connectivity index (χ3n) is 3.84. The highest BCUT2D eigenvalue weighted by Gasteiger charge is 2.21. The summed E-state index contributed by atoms with van der Waals surface area (Å²) >= 11 is 0. The summed E-state index contributed by atoms with van der Waals surface area (Å²) in [7, 11) is -2.46. The van der Waals surface area contributed by atoms with Gasteiger partial charge in [0.1, 0.15) is 0 Å². The van der Waals surface area contributed by atoms with Crippen LogP contribution in [0.1, 0.15) is 32.6 Å². The van der Waals surface area contributed by atoms with Crippen LogP contribution in [-0.4, -0.2) is 5.52 Å². The number of carbonyl (C=O) groups excluding carboxylic acids is 1. The van der Waals surface area contributed by atoms with Gasteiger partial charge in [0.25, 0.3) is 0 Å². The minimum atomic E-state index is -2.46. The quantitative estimate of drug-likeness (QED) is 0.801. The first-order valence-electron chi connectivity index (χ1n) is 6.65. The second kappa shape index (κ2) is 5.76. The Morgan fingerprint density at radius 2 is 1.40 bits per heavy atom. The van der Waals surface area contributed by atoms with E-state index in [0.29, 0.717) is 10.9 Å². The lowest BCUT2D eigenvalue weighted by atomic mass is 9.95. The van der Waals surface area contributed by atoms with E-state index in [1.807, 2.05) is 45.9 Å². The SMILES string of the molecule is Cc1cc(C)c(C)c(C(=O)[PH](=O)c2ccccc2)c1C. The molecule has 0 amide bonds. The van der Waals surface area contributed by atoms with E-state index in [1.54, 1.807) is 12.1 Å². The summed E-state index contributed by atoms with van der Waals surface area (Å²) in [5.74, 6) is 0. The van der Waals surface area contributed by atoms with Crippen molar-refractivity contribution >= 4 is 18.6 Å². The molecule has 0 bridgehead atoms. The number of carbonyl (C=O) groups is 1. The zero-order valence-corrected chi connectivity index (χ0v) is 13.3. The molecule has 0 heterocycles. The van der Waals surface area contributed by atoms with Gasteiger partial charge < -0.3 is 4.57 Å². The molecule has 2 rings (SSSR count). The molecule has 0 saturated heterocycles. The van der Waals surface area contributed by atoms with Crippen molar-refractivity contribution in [3.05, 3.63) is 64.2 Å². The van der Waals surface area contributed by atoms with E-state index in [-0.39, 0.29) is 5.52 Å². The maximum Gasteiger partial charge on any atom is 0.223 e. The summed E-state index contributed by atoms with van der Waals surface area (Å²) in [6, 6.07) is 11.1. The molecule has 1 unspecified atom stereocenters. The summed E-state index contributed by atoms with van der Waals surface area (Å²) in [5, 5.41) is 0.625. The average molecular weight is 286 g/mol. The standard InChI is InChI=1S/C17H19O2P/c1-11-10-12(2)14(4)16(13(11)3)17(18)20(19)15-8-6-5-7-9-15/h5-10,20H,1-4H3. The van der Waals surface area contributed by atoms with Gasteiger partial charge in [-0.1, -0.05) is 36.4 Å². The molecular weight excluding hydrogens is 267 g/mol. The Kier molecular flexibility index (Phi) is 4.25. The van der Waals surface area contributed by atoms with E-state index in [4.69, 9.17) is 0 Å². The van der Waals surface area contributed by atoms with Gasteiger partial charge in [-0.3, -0.25) is 4.79 Å². The monoisotopic (exact) mass is 286 g/mol. The van der Waals surface area contributed by atoms with Crippen LogP contribution in [0, 0.1) is 27.7 Å². The third-order valence-corrected chi connectivity index (χ3v) is 5.36. The number of aryl methyl sites for hydroxylation is 2. The van der Waals surface area contributed by atoms with Crippen LogP contribution in [0.25, 0.3) is 0 Å².